The van der Waals surface area contributed by atoms with Crippen molar-refractivity contribution in [1.29, 1.82) is 0 Å². The summed E-state index contributed by atoms with van der Waals surface area (Å²) in [5.41, 5.74) is 1.87. The van der Waals surface area contributed by atoms with E-state index in [-0.39, 0.29) is 36.4 Å². The van der Waals surface area contributed by atoms with Crippen molar-refractivity contribution in [2.45, 2.75) is 51.3 Å². The van der Waals surface area contributed by atoms with E-state index >= 15 is 0 Å². The van der Waals surface area contributed by atoms with Crippen molar-refractivity contribution in [1.82, 2.24) is 15.2 Å². The van der Waals surface area contributed by atoms with Gasteiger partial charge in [-0.1, -0.05) is 6.07 Å². The molecule has 0 spiro atoms. The maximum absolute atomic E-state index is 13.3. The van der Waals surface area contributed by atoms with Gasteiger partial charge < -0.3 is 20.1 Å². The predicted molar refractivity (Wildman–Crippen MR) is 129 cm³/mol. The number of hydrogen-bond donors (Lipinski definition) is 2. The minimum absolute atomic E-state index is 0.0399. The number of nitrogens with one attached hydrogen (secondary N) is 1. The van der Waals surface area contributed by atoms with Gasteiger partial charge in [0.25, 0.3) is 0 Å². The number of nitrogens with zero attached hydrogens (tertiary/aromatic N) is 3. The maximum atomic E-state index is 13.3. The van der Waals surface area contributed by atoms with Crippen molar-refractivity contribution < 1.29 is 19.0 Å². The zero-order chi connectivity index (χ0) is 24.1. The molecule has 3 heterocycles. The molecule has 2 fully saturated rings. The van der Waals surface area contributed by atoms with Crippen LogP contribution in [-0.2, 0) is 4.79 Å². The molecule has 0 radical (unpaired) electrons. The van der Waals surface area contributed by atoms with Gasteiger partial charge in [0, 0.05) is 31.0 Å². The van der Waals surface area contributed by atoms with Crippen molar-refractivity contribution in [2.24, 2.45) is 5.92 Å². The average molecular weight is 471 g/mol. The second-order valence-electron chi connectivity index (χ2n) is 9.49. The first-order valence-corrected chi connectivity index (χ1v) is 12.2. The first-order chi connectivity index (χ1) is 16.4. The summed E-state index contributed by atoms with van der Waals surface area (Å²) in [7, 11) is 0. The van der Waals surface area contributed by atoms with Gasteiger partial charge in [0.2, 0.25) is 11.8 Å². The number of anilines is 1. The topological polar surface area (TPSA) is 77.9 Å². The molecule has 1 unspecified atom stereocenters. The molecule has 2 aliphatic heterocycles. The van der Waals surface area contributed by atoms with Gasteiger partial charge in [-0.05, 0) is 76.0 Å². The Labute approximate surface area is 200 Å². The highest BCUT2D eigenvalue weighted by atomic mass is 19.1. The molecule has 8 heteroatoms. The standard InChI is InChI=1S/C26H35FN4O3/c1-18(2)34-24-10-5-19(15-28-24)25(30-12-3-4-13-30)23(17-32)29-26(33)20-11-14-31(16-20)22-8-6-21(27)7-9-22/h5-10,15,18,20,23,25,32H,3-4,11-14,16-17H2,1-2H3,(H,29,33)/t20-,23+,25?/m1/s1. The fourth-order valence-electron chi connectivity index (χ4n) is 4.98. The molecule has 1 aromatic heterocycles. The van der Waals surface area contributed by atoms with Crippen LogP contribution in [0.15, 0.2) is 42.6 Å². The number of amides is 1. The van der Waals surface area contributed by atoms with E-state index in [4.69, 9.17) is 4.74 Å². The van der Waals surface area contributed by atoms with E-state index in [1.165, 1.54) is 12.1 Å². The number of rotatable bonds is 9. The van der Waals surface area contributed by atoms with Crippen LogP contribution < -0.4 is 15.0 Å². The number of likely N-dealkylation sites (tertiary alicyclic amines) is 1. The summed E-state index contributed by atoms with van der Waals surface area (Å²) in [5.74, 6) is 0.0588. The SMILES string of the molecule is CC(C)Oc1ccc(C([C@H](CO)NC(=O)[C@@H]2CCN(c3ccc(F)cc3)C2)N2CCCC2)cn1. The van der Waals surface area contributed by atoms with Crippen LogP contribution in [0.1, 0.15) is 44.7 Å². The Morgan fingerprint density at radius 3 is 2.53 bits per heavy atom. The molecule has 3 atom stereocenters. The van der Waals surface area contributed by atoms with Gasteiger partial charge in [-0.3, -0.25) is 9.69 Å². The summed E-state index contributed by atoms with van der Waals surface area (Å²) in [6.07, 6.45) is 4.75. The lowest BCUT2D eigenvalue weighted by Gasteiger charge is -2.35. The highest BCUT2D eigenvalue weighted by molar-refractivity contribution is 5.80. The molecule has 2 saturated heterocycles. The fourth-order valence-corrected chi connectivity index (χ4v) is 4.98. The van der Waals surface area contributed by atoms with Crippen LogP contribution in [-0.4, -0.2) is 65.8 Å². The summed E-state index contributed by atoms with van der Waals surface area (Å²) < 4.78 is 18.9. The van der Waals surface area contributed by atoms with E-state index in [0.717, 1.165) is 50.1 Å². The average Bonchev–Trinajstić information content (AvgIpc) is 3.52. The third-order valence-corrected chi connectivity index (χ3v) is 6.65. The number of aromatic nitrogens is 1. The summed E-state index contributed by atoms with van der Waals surface area (Å²) in [4.78, 5) is 22.1. The lowest BCUT2D eigenvalue weighted by atomic mass is 9.98. The second-order valence-corrected chi connectivity index (χ2v) is 9.49. The van der Waals surface area contributed by atoms with Gasteiger partial charge >= 0.3 is 0 Å². The summed E-state index contributed by atoms with van der Waals surface area (Å²) in [6.45, 7) is 6.91. The Hall–Kier alpha value is -2.71. The van der Waals surface area contributed by atoms with Gasteiger partial charge in [-0.15, -0.1) is 0 Å². The number of halogens is 1. The Bertz CT molecular complexity index is 932. The monoisotopic (exact) mass is 470 g/mol. The molecule has 1 aromatic carbocycles. The number of carbonyl (C=O) groups is 1. The van der Waals surface area contributed by atoms with Crippen LogP contribution in [0.5, 0.6) is 5.88 Å². The molecular formula is C26H35FN4O3. The molecule has 0 aliphatic carbocycles. The third kappa shape index (κ3) is 5.85. The highest BCUT2D eigenvalue weighted by Gasteiger charge is 2.35. The Kier molecular flexibility index (Phi) is 8.00. The number of hydrogen-bond acceptors (Lipinski definition) is 6. The van der Waals surface area contributed by atoms with Gasteiger partial charge in [0.05, 0.1) is 30.7 Å². The molecule has 1 amide bonds. The van der Waals surface area contributed by atoms with Gasteiger partial charge in [-0.25, -0.2) is 9.37 Å². The molecule has 34 heavy (non-hydrogen) atoms. The predicted octanol–water partition coefficient (Wildman–Crippen LogP) is 3.15. The minimum atomic E-state index is -0.441. The first-order valence-electron chi connectivity index (χ1n) is 12.2. The Morgan fingerprint density at radius 2 is 1.91 bits per heavy atom. The maximum Gasteiger partial charge on any atom is 0.225 e. The van der Waals surface area contributed by atoms with E-state index < -0.39 is 6.04 Å². The minimum Gasteiger partial charge on any atom is -0.475 e. The summed E-state index contributed by atoms with van der Waals surface area (Å²) in [5, 5.41) is 13.4. The van der Waals surface area contributed by atoms with Crippen LogP contribution in [0, 0.1) is 11.7 Å². The van der Waals surface area contributed by atoms with Gasteiger partial charge in [0.15, 0.2) is 0 Å². The normalized spacial score (nSPS) is 20.5. The first kappa shape index (κ1) is 24.4. The second kappa shape index (κ2) is 11.1. The zero-order valence-electron chi connectivity index (χ0n) is 20.0. The van der Waals surface area contributed by atoms with Crippen LogP contribution >= 0.6 is 0 Å². The molecule has 7 nitrogen and oxygen atoms in total. The van der Waals surface area contributed by atoms with Crippen molar-refractivity contribution in [3.63, 3.8) is 0 Å². The number of benzene rings is 1. The molecule has 4 rings (SSSR count). The summed E-state index contributed by atoms with van der Waals surface area (Å²) in [6, 6.07) is 9.61. The van der Waals surface area contributed by atoms with Gasteiger partial charge in [0.1, 0.15) is 5.82 Å². The molecule has 2 aromatic rings. The molecule has 2 N–H and O–H groups in total. The van der Waals surface area contributed by atoms with Crippen LogP contribution in [0.4, 0.5) is 10.1 Å². The summed E-state index contributed by atoms with van der Waals surface area (Å²) >= 11 is 0. The van der Waals surface area contributed by atoms with Crippen molar-refractivity contribution >= 4 is 11.6 Å². The number of ether oxygens (including phenoxy) is 1. The molecule has 0 saturated carbocycles. The number of aliphatic hydroxyl groups excluding tert-OH is 1. The lowest BCUT2D eigenvalue weighted by molar-refractivity contribution is -0.126. The van der Waals surface area contributed by atoms with E-state index in [1.807, 2.05) is 26.0 Å². The molecule has 0 bridgehead atoms. The third-order valence-electron chi connectivity index (χ3n) is 6.65. The van der Waals surface area contributed by atoms with E-state index in [9.17, 15) is 14.3 Å². The van der Waals surface area contributed by atoms with E-state index in [2.05, 4.69) is 20.1 Å². The highest BCUT2D eigenvalue weighted by Crippen LogP contribution is 2.30. The zero-order valence-corrected chi connectivity index (χ0v) is 20.0. The number of carbonyl (C=O) groups excluding carboxylic acids is 1. The Balaban J connectivity index is 1.45. The lowest BCUT2D eigenvalue weighted by Crippen LogP contribution is -2.49. The van der Waals surface area contributed by atoms with E-state index in [0.29, 0.717) is 12.4 Å². The molecule has 184 valence electrons. The van der Waals surface area contributed by atoms with Crippen molar-refractivity contribution in [3.05, 3.63) is 54.0 Å². The largest absolute Gasteiger partial charge is 0.475 e. The van der Waals surface area contributed by atoms with Crippen molar-refractivity contribution in [2.75, 3.05) is 37.7 Å². The van der Waals surface area contributed by atoms with E-state index in [1.54, 1.807) is 18.3 Å². The number of pyridine rings is 1. The smallest absolute Gasteiger partial charge is 0.225 e. The molecular weight excluding hydrogens is 435 g/mol. The Morgan fingerprint density at radius 1 is 1.18 bits per heavy atom. The quantitative estimate of drug-likeness (QED) is 0.586. The molecule has 2 aliphatic rings. The van der Waals surface area contributed by atoms with Crippen LogP contribution in [0.3, 0.4) is 0 Å². The van der Waals surface area contributed by atoms with Crippen LogP contribution in [0.2, 0.25) is 0 Å². The van der Waals surface area contributed by atoms with Crippen LogP contribution in [0.25, 0.3) is 0 Å². The number of aliphatic hydroxyl groups is 1. The van der Waals surface area contributed by atoms with Gasteiger partial charge in [-0.2, -0.15) is 0 Å². The van der Waals surface area contributed by atoms with Crippen molar-refractivity contribution in [3.8, 4) is 5.88 Å². The fraction of sp³-hybridized carbons (Fsp3) is 0.538.